The molecule has 0 aromatic rings. The van der Waals surface area contributed by atoms with E-state index in [0.29, 0.717) is 36.9 Å². The Balaban J connectivity index is 0. The summed E-state index contributed by atoms with van der Waals surface area (Å²) in [4.78, 5) is 45.8. The highest BCUT2D eigenvalue weighted by atomic mass is 32.2. The van der Waals surface area contributed by atoms with E-state index in [0.717, 1.165) is 19.3 Å². The molecule has 0 saturated carbocycles. The first-order chi connectivity index (χ1) is 21.8. The molecule has 8 nitrogen and oxygen atoms in total. The molecule has 272 valence electrons. The highest BCUT2D eigenvalue weighted by Gasteiger charge is 2.36. The van der Waals surface area contributed by atoms with Gasteiger partial charge in [-0.3, -0.25) is 14.4 Å². The molecule has 3 atom stereocenters. The van der Waals surface area contributed by atoms with Crippen LogP contribution in [0.4, 0.5) is 0 Å². The minimum atomic E-state index is -0.692. The van der Waals surface area contributed by atoms with E-state index in [-0.39, 0.29) is 36.5 Å². The van der Waals surface area contributed by atoms with Crippen molar-refractivity contribution in [2.24, 2.45) is 22.7 Å². The maximum absolute atomic E-state index is 12.3. The van der Waals surface area contributed by atoms with Crippen LogP contribution in [-0.2, 0) is 38.4 Å². The van der Waals surface area contributed by atoms with Crippen LogP contribution in [0.3, 0.4) is 0 Å². The van der Waals surface area contributed by atoms with E-state index in [4.69, 9.17) is 24.0 Å². The Labute approximate surface area is 286 Å². The fourth-order valence-electron chi connectivity index (χ4n) is 5.21. The molecule has 0 fully saturated rings. The normalized spacial score (nSPS) is 14.2. The SMILES string of the molecule is C=C(CSC)OOCCOC(=O)C(C)CC(C)(CC)C(=O)OC.CCCCCCCCCCCCOC(=O)C(C)(CC)CC(C)C. The van der Waals surface area contributed by atoms with E-state index in [9.17, 15) is 14.4 Å². The van der Waals surface area contributed by atoms with Gasteiger partial charge < -0.3 is 19.1 Å². The van der Waals surface area contributed by atoms with Gasteiger partial charge in [0.05, 0.1) is 36.2 Å². The van der Waals surface area contributed by atoms with Crippen molar-refractivity contribution >= 4 is 29.7 Å². The number of hydrogen-bond donors (Lipinski definition) is 0. The topological polar surface area (TPSA) is 97.4 Å². The van der Waals surface area contributed by atoms with Gasteiger partial charge in [-0.1, -0.05) is 106 Å². The average Bonchev–Trinajstić information content (AvgIpc) is 3.02. The van der Waals surface area contributed by atoms with Gasteiger partial charge in [0.1, 0.15) is 19.0 Å². The van der Waals surface area contributed by atoms with Crippen molar-refractivity contribution in [2.45, 2.75) is 145 Å². The summed E-state index contributed by atoms with van der Waals surface area (Å²) in [6.07, 6.45) is 17.8. The molecule has 0 radical (unpaired) electrons. The Morgan fingerprint density at radius 2 is 1.24 bits per heavy atom. The highest BCUT2D eigenvalue weighted by Crippen LogP contribution is 2.32. The lowest BCUT2D eigenvalue weighted by Crippen LogP contribution is -2.33. The quantitative estimate of drug-likeness (QED) is 0.0211. The van der Waals surface area contributed by atoms with E-state index >= 15 is 0 Å². The third-order valence-corrected chi connectivity index (χ3v) is 8.98. The molecule has 0 saturated heterocycles. The number of unbranched alkanes of at least 4 members (excludes halogenated alkanes) is 9. The van der Waals surface area contributed by atoms with Crippen LogP contribution in [0.5, 0.6) is 0 Å². The molecular formula is C37H70O8S. The smallest absolute Gasteiger partial charge is 0.311 e. The molecule has 0 aromatic heterocycles. The molecule has 0 spiro atoms. The predicted molar refractivity (Wildman–Crippen MR) is 190 cm³/mol. The van der Waals surface area contributed by atoms with Crippen LogP contribution in [0, 0.1) is 22.7 Å². The minimum absolute atomic E-state index is 0.00428. The summed E-state index contributed by atoms with van der Waals surface area (Å²) in [6, 6.07) is 0. The van der Waals surface area contributed by atoms with E-state index < -0.39 is 11.3 Å². The van der Waals surface area contributed by atoms with Crippen molar-refractivity contribution in [3.8, 4) is 0 Å². The summed E-state index contributed by atoms with van der Waals surface area (Å²) in [6.45, 7) is 20.6. The average molecular weight is 675 g/mol. The van der Waals surface area contributed by atoms with Gasteiger partial charge in [-0.25, -0.2) is 0 Å². The van der Waals surface area contributed by atoms with Gasteiger partial charge in [0, 0.05) is 0 Å². The first-order valence-corrected chi connectivity index (χ1v) is 19.0. The van der Waals surface area contributed by atoms with Crippen molar-refractivity contribution in [3.05, 3.63) is 12.3 Å². The van der Waals surface area contributed by atoms with Gasteiger partial charge in [-0.2, -0.15) is 16.6 Å². The molecule has 46 heavy (non-hydrogen) atoms. The summed E-state index contributed by atoms with van der Waals surface area (Å²) in [5.41, 5.74) is -0.991. The maximum Gasteiger partial charge on any atom is 0.311 e. The summed E-state index contributed by atoms with van der Waals surface area (Å²) in [7, 11) is 1.35. The lowest BCUT2D eigenvalue weighted by atomic mass is 9.79. The maximum atomic E-state index is 12.3. The second kappa shape index (κ2) is 28.3. The van der Waals surface area contributed by atoms with Gasteiger partial charge in [0.2, 0.25) is 0 Å². The third-order valence-electron chi connectivity index (χ3n) is 8.37. The second-order valence-electron chi connectivity index (χ2n) is 13.4. The zero-order valence-corrected chi connectivity index (χ0v) is 32.1. The van der Waals surface area contributed by atoms with Crippen LogP contribution in [0.2, 0.25) is 0 Å². The van der Waals surface area contributed by atoms with Gasteiger partial charge in [-0.05, 0) is 58.1 Å². The molecule has 0 aliphatic rings. The Hall–Kier alpha value is -1.74. The van der Waals surface area contributed by atoms with Crippen molar-refractivity contribution in [3.63, 3.8) is 0 Å². The van der Waals surface area contributed by atoms with Crippen molar-refractivity contribution < 1.29 is 38.4 Å². The molecule has 0 aliphatic carbocycles. The van der Waals surface area contributed by atoms with Crippen LogP contribution in [0.15, 0.2) is 12.3 Å². The Morgan fingerprint density at radius 1 is 0.717 bits per heavy atom. The monoisotopic (exact) mass is 674 g/mol. The molecule has 0 heterocycles. The molecule has 3 unspecified atom stereocenters. The van der Waals surface area contributed by atoms with Gasteiger partial charge in [0.25, 0.3) is 0 Å². The van der Waals surface area contributed by atoms with E-state index in [1.165, 1.54) is 64.9 Å². The van der Waals surface area contributed by atoms with Crippen molar-refractivity contribution in [1.29, 1.82) is 0 Å². The molecule has 0 N–H and O–H groups in total. The first kappa shape index (κ1) is 46.4. The van der Waals surface area contributed by atoms with Crippen molar-refractivity contribution in [2.75, 3.05) is 38.9 Å². The largest absolute Gasteiger partial charge is 0.469 e. The second-order valence-corrected chi connectivity index (χ2v) is 14.3. The van der Waals surface area contributed by atoms with Gasteiger partial charge in [0.15, 0.2) is 0 Å². The Bertz CT molecular complexity index is 817. The fraction of sp³-hybridized carbons (Fsp3) is 0.865. The minimum Gasteiger partial charge on any atom is -0.469 e. The van der Waals surface area contributed by atoms with Crippen LogP contribution in [-0.4, -0.2) is 56.8 Å². The summed E-state index contributed by atoms with van der Waals surface area (Å²) in [5.74, 6) is 0.582. The van der Waals surface area contributed by atoms with Crippen LogP contribution in [0.25, 0.3) is 0 Å². The number of methoxy groups -OCH3 is 1. The molecule has 0 rings (SSSR count). The van der Waals surface area contributed by atoms with Crippen molar-refractivity contribution in [1.82, 2.24) is 0 Å². The number of carbonyl (C=O) groups excluding carboxylic acids is 3. The van der Waals surface area contributed by atoms with Gasteiger partial charge >= 0.3 is 17.9 Å². The van der Waals surface area contributed by atoms with Gasteiger partial charge in [-0.15, -0.1) is 0 Å². The zero-order valence-electron chi connectivity index (χ0n) is 31.3. The predicted octanol–water partition coefficient (Wildman–Crippen LogP) is 9.88. The van der Waals surface area contributed by atoms with Crippen LogP contribution >= 0.6 is 11.8 Å². The van der Waals surface area contributed by atoms with E-state index in [2.05, 4.69) is 34.3 Å². The molecule has 0 aromatic carbocycles. The Morgan fingerprint density at radius 3 is 1.72 bits per heavy atom. The third kappa shape index (κ3) is 22.7. The van der Waals surface area contributed by atoms with Crippen LogP contribution < -0.4 is 0 Å². The number of rotatable bonds is 27. The number of ether oxygens (including phenoxy) is 3. The number of hydrogen-bond acceptors (Lipinski definition) is 9. The Kier molecular flexibility index (Phi) is 28.5. The molecule has 0 bridgehead atoms. The number of thioether (sulfide) groups is 1. The molecule has 9 heteroatoms. The summed E-state index contributed by atoms with van der Waals surface area (Å²) in [5, 5.41) is 0. The van der Waals surface area contributed by atoms with E-state index in [1.54, 1.807) is 25.6 Å². The zero-order chi connectivity index (χ0) is 35.4. The highest BCUT2D eigenvalue weighted by molar-refractivity contribution is 7.98. The fourth-order valence-corrected chi connectivity index (χ4v) is 5.58. The summed E-state index contributed by atoms with van der Waals surface area (Å²) >= 11 is 1.57. The summed E-state index contributed by atoms with van der Waals surface area (Å²) < 4.78 is 15.5. The molecule has 0 amide bonds. The van der Waals surface area contributed by atoms with E-state index in [1.807, 2.05) is 20.1 Å². The lowest BCUT2D eigenvalue weighted by Gasteiger charge is -2.27. The first-order valence-electron chi connectivity index (χ1n) is 17.6. The van der Waals surface area contributed by atoms with Crippen LogP contribution in [0.1, 0.15) is 145 Å². The molecular weight excluding hydrogens is 604 g/mol. The molecule has 0 aliphatic heterocycles. The lowest BCUT2D eigenvalue weighted by molar-refractivity contribution is -0.265. The number of esters is 3. The standard InChI is InChI=1S/C21H42O2.C16H28O6S/c1-6-8-9-10-11-12-13-14-15-16-17-23-20(22)21(5,7-2)18-19(3)4;1-7-16(4,15(18)19-5)10-12(2)14(17)20-8-9-21-22-13(3)11-23-6/h19H,6-18H2,1-5H3;12H,3,7-11H2,1-2,4-6H3. The number of carbonyl (C=O) groups is 3.